The molecule has 1 aliphatic carbocycles. The van der Waals surface area contributed by atoms with Crippen molar-refractivity contribution >= 4 is 0 Å². The fourth-order valence-corrected chi connectivity index (χ4v) is 3.54. The van der Waals surface area contributed by atoms with Gasteiger partial charge in [0.25, 0.3) is 0 Å². The zero-order valence-electron chi connectivity index (χ0n) is 12.8. The predicted octanol–water partition coefficient (Wildman–Crippen LogP) is 0.614. The monoisotopic (exact) mass is 320 g/mol. The molecule has 2 N–H and O–H groups in total. The molecule has 0 amide bonds. The van der Waals surface area contributed by atoms with Crippen molar-refractivity contribution in [3.63, 3.8) is 0 Å². The smallest absolute Gasteiger partial charge is 0.248 e. The molecule has 3 rings (SSSR count). The fourth-order valence-electron chi connectivity index (χ4n) is 3.54. The molecule has 0 bridgehead atoms. The van der Waals surface area contributed by atoms with Crippen molar-refractivity contribution in [3.8, 4) is 0 Å². The van der Waals surface area contributed by atoms with Gasteiger partial charge >= 0.3 is 0 Å². The minimum atomic E-state index is -2.51. The van der Waals surface area contributed by atoms with E-state index in [9.17, 15) is 13.9 Å². The van der Waals surface area contributed by atoms with Crippen LogP contribution in [0.5, 0.6) is 0 Å². The molecule has 5 nitrogen and oxygen atoms in total. The third kappa shape index (κ3) is 4.14. The molecule has 2 aliphatic heterocycles. The van der Waals surface area contributed by atoms with Crippen LogP contribution in [0.25, 0.3) is 0 Å². The number of aliphatic hydroxyl groups excluding tert-OH is 1. The molecule has 3 atom stereocenters. The third-order valence-corrected chi connectivity index (χ3v) is 4.99. The molecule has 7 heteroatoms. The van der Waals surface area contributed by atoms with E-state index in [4.69, 9.17) is 9.47 Å². The summed E-state index contributed by atoms with van der Waals surface area (Å²) in [7, 11) is 0. The number of rotatable bonds is 4. The number of aliphatic hydroxyl groups is 1. The lowest BCUT2D eigenvalue weighted by molar-refractivity contribution is -0.0424. The second-order valence-corrected chi connectivity index (χ2v) is 6.68. The summed E-state index contributed by atoms with van der Waals surface area (Å²) in [6, 6.07) is -0.0900. The van der Waals surface area contributed by atoms with Gasteiger partial charge in [0.05, 0.1) is 38.1 Å². The third-order valence-electron chi connectivity index (χ3n) is 4.99. The minimum absolute atomic E-state index is 0.0602. The van der Waals surface area contributed by atoms with Gasteiger partial charge in [-0.25, -0.2) is 8.78 Å². The Morgan fingerprint density at radius 1 is 1.18 bits per heavy atom. The average molecular weight is 320 g/mol. The summed E-state index contributed by atoms with van der Waals surface area (Å²) < 4.78 is 37.4. The van der Waals surface area contributed by atoms with E-state index in [0.717, 1.165) is 26.3 Å². The second-order valence-electron chi connectivity index (χ2n) is 6.68. The molecule has 0 aromatic heterocycles. The summed E-state index contributed by atoms with van der Waals surface area (Å²) >= 11 is 0. The van der Waals surface area contributed by atoms with E-state index < -0.39 is 12.0 Å². The van der Waals surface area contributed by atoms with Crippen LogP contribution < -0.4 is 5.32 Å². The van der Waals surface area contributed by atoms with E-state index in [1.807, 2.05) is 0 Å². The van der Waals surface area contributed by atoms with E-state index in [1.165, 1.54) is 0 Å². The summed E-state index contributed by atoms with van der Waals surface area (Å²) in [6.45, 7) is 4.32. The lowest BCUT2D eigenvalue weighted by Crippen LogP contribution is -2.50. The first-order valence-electron chi connectivity index (χ1n) is 8.27. The Morgan fingerprint density at radius 3 is 2.55 bits per heavy atom. The predicted molar refractivity (Wildman–Crippen MR) is 77.1 cm³/mol. The zero-order chi connectivity index (χ0) is 15.6. The molecule has 3 unspecified atom stereocenters. The quantitative estimate of drug-likeness (QED) is 0.795. The van der Waals surface area contributed by atoms with Gasteiger partial charge in [0.15, 0.2) is 0 Å². The Morgan fingerprint density at radius 2 is 1.86 bits per heavy atom. The van der Waals surface area contributed by atoms with Crippen LogP contribution in [0.4, 0.5) is 8.78 Å². The number of alkyl halides is 2. The van der Waals surface area contributed by atoms with Crippen LogP contribution in [0.1, 0.15) is 25.7 Å². The molecule has 0 aromatic rings. The first-order chi connectivity index (χ1) is 10.5. The summed E-state index contributed by atoms with van der Waals surface area (Å²) in [5.74, 6) is -2.51. The number of halogens is 2. The maximum Gasteiger partial charge on any atom is 0.248 e. The molecule has 0 spiro atoms. The van der Waals surface area contributed by atoms with E-state index in [0.29, 0.717) is 26.0 Å². The van der Waals surface area contributed by atoms with E-state index in [-0.39, 0.29) is 31.0 Å². The largest absolute Gasteiger partial charge is 0.389 e. The van der Waals surface area contributed by atoms with Crippen LogP contribution >= 0.6 is 0 Å². The van der Waals surface area contributed by atoms with Crippen LogP contribution in [0.2, 0.25) is 0 Å². The number of nitrogens with one attached hydrogen (secondary N) is 1. The van der Waals surface area contributed by atoms with Gasteiger partial charge in [0.2, 0.25) is 5.92 Å². The fraction of sp³-hybridized carbons (Fsp3) is 1.00. The highest BCUT2D eigenvalue weighted by Crippen LogP contribution is 2.33. The van der Waals surface area contributed by atoms with Gasteiger partial charge in [-0.15, -0.1) is 0 Å². The molecule has 3 fully saturated rings. The van der Waals surface area contributed by atoms with Crippen LogP contribution in [-0.2, 0) is 9.47 Å². The van der Waals surface area contributed by atoms with Crippen molar-refractivity contribution in [2.75, 3.05) is 39.5 Å². The highest BCUT2D eigenvalue weighted by atomic mass is 19.3. The first kappa shape index (κ1) is 16.5. The molecule has 128 valence electrons. The van der Waals surface area contributed by atoms with Gasteiger partial charge in [0.1, 0.15) is 0 Å². The first-order valence-corrected chi connectivity index (χ1v) is 8.27. The number of nitrogens with zero attached hydrogens (tertiary/aromatic N) is 1. The SMILES string of the molecule is OC1C(NC2CCC(F)(F)CC2)COC1CN1CCOCC1. The van der Waals surface area contributed by atoms with E-state index in [1.54, 1.807) is 0 Å². The molecule has 22 heavy (non-hydrogen) atoms. The van der Waals surface area contributed by atoms with Crippen molar-refractivity contribution in [2.24, 2.45) is 0 Å². The Hall–Kier alpha value is -0.340. The number of morpholine rings is 1. The van der Waals surface area contributed by atoms with Crippen molar-refractivity contribution in [1.82, 2.24) is 10.2 Å². The van der Waals surface area contributed by atoms with Crippen molar-refractivity contribution < 1.29 is 23.4 Å². The number of hydrogen-bond donors (Lipinski definition) is 2. The maximum atomic E-state index is 13.2. The van der Waals surface area contributed by atoms with Crippen molar-refractivity contribution in [1.29, 1.82) is 0 Å². The molecule has 0 aromatic carbocycles. The second kappa shape index (κ2) is 7.05. The summed E-state index contributed by atoms with van der Waals surface area (Å²) in [6.07, 6.45) is 0.0112. The summed E-state index contributed by atoms with van der Waals surface area (Å²) in [5.41, 5.74) is 0. The number of ether oxygens (including phenoxy) is 2. The molecule has 2 saturated heterocycles. The Kier molecular flexibility index (Phi) is 5.29. The van der Waals surface area contributed by atoms with Crippen LogP contribution in [0.3, 0.4) is 0 Å². The lowest BCUT2D eigenvalue weighted by atomic mass is 9.91. The van der Waals surface area contributed by atoms with Gasteiger partial charge in [-0.2, -0.15) is 0 Å². The lowest BCUT2D eigenvalue weighted by Gasteiger charge is -2.32. The zero-order valence-corrected chi connectivity index (χ0v) is 12.8. The highest BCUT2D eigenvalue weighted by Gasteiger charge is 2.40. The van der Waals surface area contributed by atoms with Gasteiger partial charge < -0.3 is 19.9 Å². The highest BCUT2D eigenvalue weighted by molar-refractivity contribution is 4.93. The van der Waals surface area contributed by atoms with E-state index >= 15 is 0 Å². The normalized spacial score (nSPS) is 37.5. The Balaban J connectivity index is 1.43. The molecular formula is C15H26F2N2O3. The van der Waals surface area contributed by atoms with E-state index in [2.05, 4.69) is 10.2 Å². The van der Waals surface area contributed by atoms with Gasteiger partial charge in [-0.3, -0.25) is 4.90 Å². The Labute approximate surface area is 129 Å². The molecule has 3 aliphatic rings. The van der Waals surface area contributed by atoms with Crippen LogP contribution in [0.15, 0.2) is 0 Å². The average Bonchev–Trinajstić information content (AvgIpc) is 2.84. The molecule has 0 radical (unpaired) electrons. The summed E-state index contributed by atoms with van der Waals surface area (Å²) in [5, 5.41) is 13.7. The van der Waals surface area contributed by atoms with Gasteiger partial charge in [0, 0.05) is 38.5 Å². The topological polar surface area (TPSA) is 54.0 Å². The van der Waals surface area contributed by atoms with Crippen LogP contribution in [-0.4, -0.2) is 79.7 Å². The van der Waals surface area contributed by atoms with Crippen molar-refractivity contribution in [3.05, 3.63) is 0 Å². The number of hydrogen-bond acceptors (Lipinski definition) is 5. The summed E-state index contributed by atoms with van der Waals surface area (Å²) in [4.78, 5) is 2.24. The standard InChI is InChI=1S/C15H26F2N2O3/c16-15(17)3-1-11(2-4-15)18-12-10-22-13(14(12)20)9-19-5-7-21-8-6-19/h11-14,18,20H,1-10H2. The van der Waals surface area contributed by atoms with Crippen LogP contribution in [0, 0.1) is 0 Å². The molecule has 1 saturated carbocycles. The minimum Gasteiger partial charge on any atom is -0.389 e. The van der Waals surface area contributed by atoms with Gasteiger partial charge in [-0.05, 0) is 12.8 Å². The molecule has 2 heterocycles. The van der Waals surface area contributed by atoms with Gasteiger partial charge in [-0.1, -0.05) is 0 Å². The Bertz CT molecular complexity index is 357. The van der Waals surface area contributed by atoms with Crippen molar-refractivity contribution in [2.45, 2.75) is 55.9 Å². The maximum absolute atomic E-state index is 13.2. The molecular weight excluding hydrogens is 294 g/mol.